The van der Waals surface area contributed by atoms with Crippen molar-refractivity contribution in [3.63, 3.8) is 0 Å². The lowest BCUT2D eigenvalue weighted by molar-refractivity contribution is 0.370. The highest BCUT2D eigenvalue weighted by atomic mass is 32.1. The Morgan fingerprint density at radius 3 is 1.26 bits per heavy atom. The molecule has 3 nitrogen and oxygen atoms in total. The topological polar surface area (TPSA) is 57.5 Å². The number of hydrogen-bond donors (Lipinski definition) is 3. The Bertz CT molecular complexity index is 231. The van der Waals surface area contributed by atoms with Gasteiger partial charge in [0.15, 0.2) is 0 Å². The van der Waals surface area contributed by atoms with E-state index in [1.54, 1.807) is 0 Å². The van der Waals surface area contributed by atoms with Crippen LogP contribution in [0.3, 0.4) is 0 Å². The molecule has 0 spiro atoms. The molecule has 0 rings (SSSR count). The molecule has 0 amide bonds. The molecule has 0 atom stereocenters. The SMILES string of the molecule is O=P(O)(O)CCCCCCCCCCCCCCS. The molecule has 0 unspecified atom stereocenters. The molecule has 0 aliphatic heterocycles. The largest absolute Gasteiger partial charge is 0.325 e. The lowest BCUT2D eigenvalue weighted by Crippen LogP contribution is -1.88. The minimum Gasteiger partial charge on any atom is -0.324 e. The normalized spacial score (nSPS) is 11.9. The third-order valence-corrected chi connectivity index (χ3v) is 4.57. The van der Waals surface area contributed by atoms with Gasteiger partial charge in [-0.1, -0.05) is 64.2 Å². The van der Waals surface area contributed by atoms with Crippen LogP contribution in [0.25, 0.3) is 0 Å². The van der Waals surface area contributed by atoms with E-state index < -0.39 is 7.60 Å². The minimum atomic E-state index is -3.75. The maximum Gasteiger partial charge on any atom is 0.325 e. The quantitative estimate of drug-likeness (QED) is 0.246. The van der Waals surface area contributed by atoms with Crippen LogP contribution in [0, 0.1) is 0 Å². The van der Waals surface area contributed by atoms with Crippen molar-refractivity contribution in [2.75, 3.05) is 11.9 Å². The summed E-state index contributed by atoms with van der Waals surface area (Å²) in [5.74, 6) is 1.02. The van der Waals surface area contributed by atoms with E-state index in [2.05, 4.69) is 12.6 Å². The van der Waals surface area contributed by atoms with Gasteiger partial charge >= 0.3 is 7.60 Å². The van der Waals surface area contributed by atoms with Crippen LogP contribution in [-0.4, -0.2) is 21.7 Å². The fourth-order valence-electron chi connectivity index (χ4n) is 2.20. The van der Waals surface area contributed by atoms with Crippen LogP contribution in [0.15, 0.2) is 0 Å². The first-order valence-corrected chi connectivity index (χ1v) is 10.1. The highest BCUT2D eigenvalue weighted by Gasteiger charge is 2.10. The van der Waals surface area contributed by atoms with Gasteiger partial charge in [0.05, 0.1) is 0 Å². The predicted molar refractivity (Wildman–Crippen MR) is 86.2 cm³/mol. The third kappa shape index (κ3) is 18.5. The van der Waals surface area contributed by atoms with Gasteiger partial charge in [0.1, 0.15) is 0 Å². The molecule has 0 heterocycles. The van der Waals surface area contributed by atoms with Crippen molar-refractivity contribution < 1.29 is 14.4 Å². The molecule has 0 aliphatic rings. The fourth-order valence-corrected chi connectivity index (χ4v) is 3.06. The van der Waals surface area contributed by atoms with Gasteiger partial charge in [-0.2, -0.15) is 12.6 Å². The second-order valence-corrected chi connectivity index (χ2v) is 7.58. The molecule has 0 aromatic heterocycles. The summed E-state index contributed by atoms with van der Waals surface area (Å²) in [5.41, 5.74) is 0. The highest BCUT2D eigenvalue weighted by molar-refractivity contribution is 7.80. The van der Waals surface area contributed by atoms with Crippen molar-refractivity contribution in [2.24, 2.45) is 0 Å². The highest BCUT2D eigenvalue weighted by Crippen LogP contribution is 2.35. The van der Waals surface area contributed by atoms with Gasteiger partial charge in [0, 0.05) is 6.16 Å². The zero-order valence-electron chi connectivity index (χ0n) is 12.1. The minimum absolute atomic E-state index is 0.0548. The maximum atomic E-state index is 10.6. The van der Waals surface area contributed by atoms with Crippen LogP contribution in [0.2, 0.25) is 0 Å². The van der Waals surface area contributed by atoms with E-state index in [1.807, 2.05) is 0 Å². The summed E-state index contributed by atoms with van der Waals surface area (Å²) in [6.45, 7) is 0. The van der Waals surface area contributed by atoms with E-state index >= 15 is 0 Å². The summed E-state index contributed by atoms with van der Waals surface area (Å²) in [5, 5.41) is 0. The molecule has 2 N–H and O–H groups in total. The Kier molecular flexibility index (Phi) is 13.8. The van der Waals surface area contributed by atoms with Gasteiger partial charge in [-0.15, -0.1) is 0 Å². The molecular weight excluding hydrogens is 279 g/mol. The zero-order valence-corrected chi connectivity index (χ0v) is 13.9. The fraction of sp³-hybridized carbons (Fsp3) is 1.00. The van der Waals surface area contributed by atoms with E-state index in [4.69, 9.17) is 9.79 Å². The summed E-state index contributed by atoms with van der Waals surface area (Å²) in [7, 11) is -3.75. The second-order valence-electron chi connectivity index (χ2n) is 5.35. The molecule has 0 saturated carbocycles. The van der Waals surface area contributed by atoms with Gasteiger partial charge in [-0.05, 0) is 18.6 Å². The molecule has 0 bridgehead atoms. The smallest absolute Gasteiger partial charge is 0.324 e. The number of hydrogen-bond acceptors (Lipinski definition) is 2. The van der Waals surface area contributed by atoms with E-state index in [9.17, 15) is 4.57 Å². The lowest BCUT2D eigenvalue weighted by atomic mass is 10.1. The monoisotopic (exact) mass is 310 g/mol. The molecule has 0 fully saturated rings. The average Bonchev–Trinajstić information content (AvgIpc) is 2.34. The van der Waals surface area contributed by atoms with Crippen LogP contribution in [0.4, 0.5) is 0 Å². The molecule has 0 aliphatic carbocycles. The van der Waals surface area contributed by atoms with Crippen LogP contribution in [0.1, 0.15) is 77.0 Å². The van der Waals surface area contributed by atoms with E-state index in [1.165, 1.54) is 57.8 Å². The van der Waals surface area contributed by atoms with Gasteiger partial charge in [0.25, 0.3) is 0 Å². The molecule has 0 saturated heterocycles. The summed E-state index contributed by atoms with van der Waals surface area (Å²) < 4.78 is 10.6. The number of thiol groups is 1. The molecular formula is C14H31O3PS. The Balaban J connectivity index is 3.01. The molecule has 116 valence electrons. The van der Waals surface area contributed by atoms with Gasteiger partial charge < -0.3 is 9.79 Å². The Morgan fingerprint density at radius 1 is 0.632 bits per heavy atom. The average molecular weight is 310 g/mol. The van der Waals surface area contributed by atoms with Crippen molar-refractivity contribution in [3.05, 3.63) is 0 Å². The summed E-state index contributed by atoms with van der Waals surface area (Å²) >= 11 is 4.20. The Morgan fingerprint density at radius 2 is 0.947 bits per heavy atom. The Hall–Kier alpha value is 0.500. The standard InChI is InChI=1S/C14H31O3PS/c15-18(16,17)13-11-9-7-5-3-1-2-4-6-8-10-12-14-19/h19H,1-14H2,(H2,15,16,17). The second kappa shape index (κ2) is 13.5. The van der Waals surface area contributed by atoms with Crippen LogP contribution in [0.5, 0.6) is 0 Å². The van der Waals surface area contributed by atoms with E-state index in [0.29, 0.717) is 6.42 Å². The number of unbranched alkanes of at least 4 members (excludes halogenated alkanes) is 11. The summed E-state index contributed by atoms with van der Waals surface area (Å²) in [6.07, 6.45) is 14.5. The molecule has 0 radical (unpaired) electrons. The van der Waals surface area contributed by atoms with Crippen LogP contribution >= 0.6 is 20.2 Å². The van der Waals surface area contributed by atoms with Crippen LogP contribution < -0.4 is 0 Å². The van der Waals surface area contributed by atoms with E-state index in [0.717, 1.165) is 18.6 Å². The van der Waals surface area contributed by atoms with Gasteiger partial charge in [0.2, 0.25) is 0 Å². The van der Waals surface area contributed by atoms with Crippen molar-refractivity contribution >= 4 is 20.2 Å². The maximum absolute atomic E-state index is 10.6. The van der Waals surface area contributed by atoms with Crippen molar-refractivity contribution in [3.8, 4) is 0 Å². The van der Waals surface area contributed by atoms with Gasteiger partial charge in [-0.3, -0.25) is 4.57 Å². The van der Waals surface area contributed by atoms with Crippen molar-refractivity contribution in [1.82, 2.24) is 0 Å². The van der Waals surface area contributed by atoms with Crippen molar-refractivity contribution in [1.29, 1.82) is 0 Å². The third-order valence-electron chi connectivity index (χ3n) is 3.36. The summed E-state index contributed by atoms with van der Waals surface area (Å²) in [4.78, 5) is 17.4. The first kappa shape index (κ1) is 19.5. The molecule has 0 aromatic rings. The van der Waals surface area contributed by atoms with Crippen molar-refractivity contribution in [2.45, 2.75) is 77.0 Å². The lowest BCUT2D eigenvalue weighted by Gasteiger charge is -2.04. The first-order valence-electron chi connectivity index (χ1n) is 7.72. The molecule has 5 heteroatoms. The summed E-state index contributed by atoms with van der Waals surface area (Å²) in [6, 6.07) is 0. The van der Waals surface area contributed by atoms with Crippen LogP contribution in [-0.2, 0) is 4.57 Å². The van der Waals surface area contributed by atoms with Gasteiger partial charge in [-0.25, -0.2) is 0 Å². The molecule has 0 aromatic carbocycles. The zero-order chi connectivity index (χ0) is 14.4. The first-order chi connectivity index (χ1) is 9.06. The Labute approximate surface area is 124 Å². The number of rotatable bonds is 14. The predicted octanol–water partition coefficient (Wildman–Crippen LogP) is 4.78. The van der Waals surface area contributed by atoms with E-state index in [-0.39, 0.29) is 6.16 Å². The molecule has 19 heavy (non-hydrogen) atoms.